The molecule has 21 heavy (non-hydrogen) atoms. The zero-order valence-corrected chi connectivity index (χ0v) is 11.9. The van der Waals surface area contributed by atoms with Gasteiger partial charge in [0.2, 0.25) is 0 Å². The molecule has 0 aliphatic heterocycles. The van der Waals surface area contributed by atoms with Gasteiger partial charge in [-0.1, -0.05) is 6.07 Å². The molecule has 0 spiro atoms. The van der Waals surface area contributed by atoms with Gasteiger partial charge in [0.1, 0.15) is 11.6 Å². The molecule has 0 aliphatic carbocycles. The van der Waals surface area contributed by atoms with Crippen molar-refractivity contribution in [2.75, 3.05) is 5.32 Å². The predicted octanol–water partition coefficient (Wildman–Crippen LogP) is 4.74. The average Bonchev–Trinajstić information content (AvgIpc) is 2.87. The van der Waals surface area contributed by atoms with E-state index in [1.807, 2.05) is 0 Å². The maximum atomic E-state index is 13.6. The zero-order chi connectivity index (χ0) is 15.0. The van der Waals surface area contributed by atoms with Crippen molar-refractivity contribution >= 4 is 33.0 Å². The van der Waals surface area contributed by atoms with Gasteiger partial charge in [-0.3, -0.25) is 4.79 Å². The quantitative estimate of drug-likeness (QED) is 0.728. The van der Waals surface area contributed by atoms with E-state index in [-0.39, 0.29) is 17.5 Å². The Morgan fingerprint density at radius 1 is 1.14 bits per heavy atom. The lowest BCUT2D eigenvalue weighted by Crippen LogP contribution is -2.11. The van der Waals surface area contributed by atoms with E-state index in [1.54, 1.807) is 19.1 Å². The van der Waals surface area contributed by atoms with E-state index >= 15 is 0 Å². The van der Waals surface area contributed by atoms with Gasteiger partial charge < -0.3 is 5.32 Å². The molecule has 0 bridgehead atoms. The number of hydrogen-bond donors (Lipinski definition) is 1. The Balaban J connectivity index is 1.92. The lowest BCUT2D eigenvalue weighted by atomic mass is 10.2. The van der Waals surface area contributed by atoms with Crippen LogP contribution in [-0.4, -0.2) is 5.91 Å². The fourth-order valence-electron chi connectivity index (χ4n) is 2.09. The van der Waals surface area contributed by atoms with Crippen LogP contribution in [0.5, 0.6) is 0 Å². The lowest BCUT2D eigenvalue weighted by Gasteiger charge is -2.06. The molecule has 0 unspecified atom stereocenters. The number of thiophene rings is 1. The number of anilines is 1. The summed E-state index contributed by atoms with van der Waals surface area (Å²) in [5.41, 5.74) is 1.18. The molecule has 1 amide bonds. The summed E-state index contributed by atoms with van der Waals surface area (Å²) in [5.74, 6) is -1.03. The van der Waals surface area contributed by atoms with Gasteiger partial charge in [0.15, 0.2) is 0 Å². The van der Waals surface area contributed by atoms with Crippen LogP contribution in [0.25, 0.3) is 10.1 Å². The third kappa shape index (κ3) is 2.64. The Morgan fingerprint density at radius 2 is 1.95 bits per heavy atom. The summed E-state index contributed by atoms with van der Waals surface area (Å²) in [6.07, 6.45) is 0. The maximum Gasteiger partial charge on any atom is 0.265 e. The van der Waals surface area contributed by atoms with Gasteiger partial charge >= 0.3 is 0 Å². The molecule has 3 rings (SSSR count). The Labute approximate surface area is 124 Å². The summed E-state index contributed by atoms with van der Waals surface area (Å²) in [4.78, 5) is 12.6. The van der Waals surface area contributed by atoms with Crippen LogP contribution >= 0.6 is 11.3 Å². The van der Waals surface area contributed by atoms with E-state index in [2.05, 4.69) is 5.32 Å². The first-order valence-corrected chi connectivity index (χ1v) is 7.12. The highest BCUT2D eigenvalue weighted by Crippen LogP contribution is 2.28. The van der Waals surface area contributed by atoms with Crippen molar-refractivity contribution in [2.45, 2.75) is 6.92 Å². The van der Waals surface area contributed by atoms with Gasteiger partial charge in [-0.15, -0.1) is 11.3 Å². The van der Waals surface area contributed by atoms with Gasteiger partial charge in [0.05, 0.1) is 4.88 Å². The highest BCUT2D eigenvalue weighted by molar-refractivity contribution is 7.20. The van der Waals surface area contributed by atoms with Gasteiger partial charge in [0, 0.05) is 15.8 Å². The fourth-order valence-corrected chi connectivity index (χ4v) is 3.06. The van der Waals surface area contributed by atoms with Crippen molar-refractivity contribution in [3.8, 4) is 0 Å². The summed E-state index contributed by atoms with van der Waals surface area (Å²) in [5, 5.41) is 3.15. The fraction of sp³-hybridized carbons (Fsp3) is 0.0625. The van der Waals surface area contributed by atoms with Crippen LogP contribution in [0.4, 0.5) is 14.5 Å². The molecule has 0 radical (unpaired) electrons. The maximum absolute atomic E-state index is 13.6. The smallest absolute Gasteiger partial charge is 0.265 e. The molecule has 5 heteroatoms. The Morgan fingerprint density at radius 3 is 2.67 bits per heavy atom. The number of halogens is 2. The first kappa shape index (κ1) is 13.7. The second kappa shape index (κ2) is 5.26. The van der Waals surface area contributed by atoms with Crippen molar-refractivity contribution in [1.82, 2.24) is 0 Å². The number of amides is 1. The van der Waals surface area contributed by atoms with Crippen molar-refractivity contribution in [3.05, 3.63) is 64.5 Å². The van der Waals surface area contributed by atoms with Crippen molar-refractivity contribution in [1.29, 1.82) is 0 Å². The van der Waals surface area contributed by atoms with Gasteiger partial charge in [0.25, 0.3) is 5.91 Å². The summed E-state index contributed by atoms with van der Waals surface area (Å²) >= 11 is 1.22. The summed E-state index contributed by atoms with van der Waals surface area (Å²) in [6, 6.07) is 10.4. The molecule has 0 saturated heterocycles. The van der Waals surface area contributed by atoms with Crippen LogP contribution in [0.15, 0.2) is 42.5 Å². The summed E-state index contributed by atoms with van der Waals surface area (Å²) in [6.45, 7) is 1.71. The van der Waals surface area contributed by atoms with Crippen molar-refractivity contribution < 1.29 is 13.6 Å². The minimum Gasteiger partial charge on any atom is -0.321 e. The molecule has 2 aromatic carbocycles. The van der Waals surface area contributed by atoms with E-state index in [9.17, 15) is 13.6 Å². The Kier molecular flexibility index (Phi) is 3.43. The van der Waals surface area contributed by atoms with E-state index in [0.29, 0.717) is 21.5 Å². The number of hydrogen-bond acceptors (Lipinski definition) is 2. The molecule has 106 valence electrons. The molecular weight excluding hydrogens is 292 g/mol. The molecule has 0 atom stereocenters. The second-order valence-electron chi connectivity index (χ2n) is 4.68. The average molecular weight is 303 g/mol. The van der Waals surface area contributed by atoms with Crippen LogP contribution in [0.1, 0.15) is 15.2 Å². The van der Waals surface area contributed by atoms with Crippen LogP contribution in [-0.2, 0) is 0 Å². The summed E-state index contributed by atoms with van der Waals surface area (Å²) in [7, 11) is 0. The van der Waals surface area contributed by atoms with E-state index < -0.39 is 0 Å². The summed E-state index contributed by atoms with van der Waals surface area (Å²) < 4.78 is 27.4. The molecule has 0 aliphatic rings. The monoisotopic (exact) mass is 303 g/mol. The minimum atomic E-state index is -0.352. The number of nitrogens with one attached hydrogen (secondary N) is 1. The Hall–Kier alpha value is -2.27. The number of carbonyl (C=O) groups excluding carboxylic acids is 1. The molecule has 1 aromatic heterocycles. The molecule has 1 heterocycles. The highest BCUT2D eigenvalue weighted by Gasteiger charge is 2.13. The van der Waals surface area contributed by atoms with Gasteiger partial charge in [-0.05, 0) is 48.9 Å². The van der Waals surface area contributed by atoms with Crippen molar-refractivity contribution in [3.63, 3.8) is 0 Å². The van der Waals surface area contributed by atoms with Crippen molar-refractivity contribution in [2.24, 2.45) is 0 Å². The largest absolute Gasteiger partial charge is 0.321 e. The SMILES string of the molecule is Cc1cc(F)ccc1NC(=O)c1cc2c(F)cccc2s1. The number of benzene rings is 2. The molecule has 3 aromatic rings. The first-order chi connectivity index (χ1) is 10.0. The van der Waals surface area contributed by atoms with E-state index in [1.165, 1.54) is 41.7 Å². The molecule has 2 nitrogen and oxygen atoms in total. The topological polar surface area (TPSA) is 29.1 Å². The molecular formula is C16H11F2NOS. The normalized spacial score (nSPS) is 10.8. The predicted molar refractivity (Wildman–Crippen MR) is 80.9 cm³/mol. The number of carbonyl (C=O) groups is 1. The number of fused-ring (bicyclic) bond motifs is 1. The standard InChI is InChI=1S/C16H11F2NOS/c1-9-7-10(17)5-6-13(9)19-16(20)15-8-11-12(18)3-2-4-14(11)21-15/h2-8H,1H3,(H,19,20). The van der Waals surface area contributed by atoms with Gasteiger partial charge in [-0.2, -0.15) is 0 Å². The van der Waals surface area contributed by atoms with E-state index in [0.717, 1.165) is 4.70 Å². The molecule has 1 N–H and O–H groups in total. The second-order valence-corrected chi connectivity index (χ2v) is 5.76. The van der Waals surface area contributed by atoms with Crippen LogP contribution in [0.3, 0.4) is 0 Å². The minimum absolute atomic E-state index is 0.328. The van der Waals surface area contributed by atoms with Crippen LogP contribution < -0.4 is 5.32 Å². The Bertz CT molecular complexity index is 841. The number of rotatable bonds is 2. The lowest BCUT2D eigenvalue weighted by molar-refractivity contribution is 0.103. The molecule has 0 saturated carbocycles. The third-order valence-corrected chi connectivity index (χ3v) is 4.27. The third-order valence-electron chi connectivity index (χ3n) is 3.17. The van der Waals surface area contributed by atoms with E-state index in [4.69, 9.17) is 0 Å². The van der Waals surface area contributed by atoms with Gasteiger partial charge in [-0.25, -0.2) is 8.78 Å². The van der Waals surface area contributed by atoms with Crippen LogP contribution in [0, 0.1) is 18.6 Å². The van der Waals surface area contributed by atoms with Crippen LogP contribution in [0.2, 0.25) is 0 Å². The first-order valence-electron chi connectivity index (χ1n) is 6.30. The zero-order valence-electron chi connectivity index (χ0n) is 11.1. The number of aryl methyl sites for hydroxylation is 1. The molecule has 0 fully saturated rings. The highest BCUT2D eigenvalue weighted by atomic mass is 32.1.